The van der Waals surface area contributed by atoms with Crippen LogP contribution in [0.1, 0.15) is 6.42 Å². The smallest absolute Gasteiger partial charge is 0.233 e. The monoisotopic (exact) mass is 271 g/mol. The van der Waals surface area contributed by atoms with Crippen molar-refractivity contribution in [3.05, 3.63) is 24.3 Å². The lowest BCUT2D eigenvalue weighted by Gasteiger charge is -2.29. The van der Waals surface area contributed by atoms with Crippen molar-refractivity contribution in [1.29, 1.82) is 0 Å². The van der Waals surface area contributed by atoms with Crippen LogP contribution in [-0.2, 0) is 4.79 Å². The van der Waals surface area contributed by atoms with Gasteiger partial charge in [0.25, 0.3) is 0 Å². The van der Waals surface area contributed by atoms with Crippen LogP contribution < -0.4 is 9.64 Å². The maximum atomic E-state index is 12.2. The molecule has 3 rings (SSSR count). The Morgan fingerprint density at radius 2 is 2.12 bits per heavy atom. The van der Waals surface area contributed by atoms with Gasteiger partial charge in [-0.15, -0.1) is 23.2 Å². The number of benzene rings is 1. The molecule has 1 atom stereocenters. The van der Waals surface area contributed by atoms with Crippen LogP contribution >= 0.6 is 23.2 Å². The van der Waals surface area contributed by atoms with E-state index in [1.807, 2.05) is 24.3 Å². The molecule has 1 saturated carbocycles. The normalized spacial score (nSPS) is 24.8. The predicted molar refractivity (Wildman–Crippen MR) is 66.8 cm³/mol. The van der Waals surface area contributed by atoms with Crippen molar-refractivity contribution in [3.8, 4) is 5.75 Å². The highest BCUT2D eigenvalue weighted by atomic mass is 35.5. The number of nitrogens with zero attached hydrogens (tertiary/aromatic N) is 1. The Balaban J connectivity index is 1.88. The summed E-state index contributed by atoms with van der Waals surface area (Å²) in [5.41, 5.74) is 0.805. The van der Waals surface area contributed by atoms with E-state index >= 15 is 0 Å². The first kappa shape index (κ1) is 11.2. The van der Waals surface area contributed by atoms with Gasteiger partial charge in [-0.25, -0.2) is 0 Å². The Morgan fingerprint density at radius 1 is 1.41 bits per heavy atom. The molecule has 0 spiro atoms. The highest BCUT2D eigenvalue weighted by molar-refractivity contribution is 6.52. The SMILES string of the molecule is O=C(C1CC1(Cl)Cl)N1CCOc2ccccc21. The molecule has 90 valence electrons. The summed E-state index contributed by atoms with van der Waals surface area (Å²) >= 11 is 11.9. The third kappa shape index (κ3) is 1.87. The van der Waals surface area contributed by atoms with E-state index in [9.17, 15) is 4.79 Å². The first-order chi connectivity index (χ1) is 8.09. The highest BCUT2D eigenvalue weighted by Gasteiger charge is 2.57. The van der Waals surface area contributed by atoms with Crippen molar-refractivity contribution in [2.45, 2.75) is 10.8 Å². The summed E-state index contributed by atoms with van der Waals surface area (Å²) in [7, 11) is 0. The van der Waals surface area contributed by atoms with Crippen molar-refractivity contribution in [2.24, 2.45) is 5.92 Å². The van der Waals surface area contributed by atoms with Gasteiger partial charge in [0.1, 0.15) is 16.7 Å². The Bertz CT molecular complexity index is 475. The fraction of sp³-hybridized carbons (Fsp3) is 0.417. The van der Waals surface area contributed by atoms with E-state index in [1.54, 1.807) is 4.90 Å². The van der Waals surface area contributed by atoms with E-state index in [0.29, 0.717) is 19.6 Å². The zero-order valence-corrected chi connectivity index (χ0v) is 10.5. The number of fused-ring (bicyclic) bond motifs is 1. The summed E-state index contributed by atoms with van der Waals surface area (Å²) in [5, 5.41) is 0. The molecule has 0 N–H and O–H groups in total. The molecule has 0 saturated heterocycles. The van der Waals surface area contributed by atoms with Crippen molar-refractivity contribution in [1.82, 2.24) is 0 Å². The summed E-state index contributed by atoms with van der Waals surface area (Å²) < 4.78 is 4.63. The molecule has 1 aromatic rings. The van der Waals surface area contributed by atoms with Gasteiger partial charge >= 0.3 is 0 Å². The van der Waals surface area contributed by atoms with Gasteiger partial charge in [0.15, 0.2) is 0 Å². The number of ether oxygens (including phenoxy) is 1. The lowest BCUT2D eigenvalue weighted by atomic mass is 10.2. The van der Waals surface area contributed by atoms with Gasteiger partial charge in [-0.2, -0.15) is 0 Å². The third-order valence-electron chi connectivity index (χ3n) is 3.12. The molecule has 1 aromatic carbocycles. The Labute approximate surface area is 109 Å². The molecule has 0 radical (unpaired) electrons. The Hall–Kier alpha value is -0.930. The Kier molecular flexibility index (Phi) is 2.49. The number of hydrogen-bond acceptors (Lipinski definition) is 2. The van der Waals surface area contributed by atoms with Crippen molar-refractivity contribution in [3.63, 3.8) is 0 Å². The molecule has 1 heterocycles. The molecule has 0 bridgehead atoms. The van der Waals surface area contributed by atoms with Gasteiger partial charge in [-0.1, -0.05) is 12.1 Å². The fourth-order valence-corrected chi connectivity index (χ4v) is 2.56. The topological polar surface area (TPSA) is 29.5 Å². The van der Waals surface area contributed by atoms with E-state index in [-0.39, 0.29) is 11.8 Å². The van der Waals surface area contributed by atoms with E-state index in [4.69, 9.17) is 27.9 Å². The maximum Gasteiger partial charge on any atom is 0.233 e. The molecule has 1 amide bonds. The summed E-state index contributed by atoms with van der Waals surface area (Å²) in [4.78, 5) is 14.0. The van der Waals surface area contributed by atoms with Gasteiger partial charge in [0.05, 0.1) is 18.2 Å². The number of para-hydroxylation sites is 2. The minimum absolute atomic E-state index is 0.00856. The first-order valence-electron chi connectivity index (χ1n) is 5.50. The second kappa shape index (κ2) is 3.79. The lowest BCUT2D eigenvalue weighted by molar-refractivity contribution is -0.120. The summed E-state index contributed by atoms with van der Waals surface area (Å²) in [6.45, 7) is 1.06. The summed E-state index contributed by atoms with van der Waals surface area (Å²) in [6, 6.07) is 7.50. The molecule has 1 unspecified atom stereocenters. The van der Waals surface area contributed by atoms with Gasteiger partial charge in [-0.05, 0) is 18.6 Å². The average molecular weight is 272 g/mol. The number of alkyl halides is 2. The summed E-state index contributed by atoms with van der Waals surface area (Å²) in [6.07, 6.45) is 0.536. The molecular formula is C12H11Cl2NO2. The number of anilines is 1. The largest absolute Gasteiger partial charge is 0.490 e. The van der Waals surface area contributed by atoms with E-state index in [2.05, 4.69) is 0 Å². The van der Waals surface area contributed by atoms with Gasteiger partial charge < -0.3 is 9.64 Å². The molecule has 1 aliphatic heterocycles. The molecule has 0 aromatic heterocycles. The number of hydrogen-bond donors (Lipinski definition) is 0. The van der Waals surface area contributed by atoms with Crippen LogP contribution in [-0.4, -0.2) is 23.4 Å². The second-order valence-electron chi connectivity index (χ2n) is 4.32. The van der Waals surface area contributed by atoms with Crippen molar-refractivity contribution in [2.75, 3.05) is 18.1 Å². The van der Waals surface area contributed by atoms with Gasteiger partial charge in [0, 0.05) is 0 Å². The number of rotatable bonds is 1. The molecule has 1 fully saturated rings. The van der Waals surface area contributed by atoms with Crippen LogP contribution in [0.2, 0.25) is 0 Å². The molecule has 1 aliphatic carbocycles. The first-order valence-corrected chi connectivity index (χ1v) is 6.26. The molecule has 17 heavy (non-hydrogen) atoms. The molecule has 5 heteroatoms. The standard InChI is InChI=1S/C12H11Cl2NO2/c13-12(14)7-8(12)11(16)15-5-6-17-10-4-2-1-3-9(10)15/h1-4,8H,5-7H2. The van der Waals surface area contributed by atoms with Crippen LogP contribution in [0, 0.1) is 5.92 Å². The highest BCUT2D eigenvalue weighted by Crippen LogP contribution is 2.54. The van der Waals surface area contributed by atoms with Gasteiger partial charge in [0.2, 0.25) is 5.91 Å². The van der Waals surface area contributed by atoms with E-state index < -0.39 is 4.33 Å². The fourth-order valence-electron chi connectivity index (χ4n) is 2.07. The zero-order valence-electron chi connectivity index (χ0n) is 9.03. The number of carbonyl (C=O) groups excluding carboxylic acids is 1. The van der Waals surface area contributed by atoms with Crippen molar-refractivity contribution < 1.29 is 9.53 Å². The molecular weight excluding hydrogens is 261 g/mol. The molecule has 3 nitrogen and oxygen atoms in total. The van der Waals surface area contributed by atoms with Crippen LogP contribution in [0.3, 0.4) is 0 Å². The number of carbonyl (C=O) groups is 1. The second-order valence-corrected chi connectivity index (χ2v) is 5.87. The lowest BCUT2D eigenvalue weighted by Crippen LogP contribution is -2.39. The van der Waals surface area contributed by atoms with Crippen LogP contribution in [0.4, 0.5) is 5.69 Å². The van der Waals surface area contributed by atoms with Crippen LogP contribution in [0.15, 0.2) is 24.3 Å². The van der Waals surface area contributed by atoms with E-state index in [1.165, 1.54) is 0 Å². The minimum Gasteiger partial charge on any atom is -0.490 e. The molecule has 2 aliphatic rings. The van der Waals surface area contributed by atoms with Gasteiger partial charge in [-0.3, -0.25) is 4.79 Å². The third-order valence-corrected chi connectivity index (χ3v) is 3.95. The zero-order chi connectivity index (χ0) is 12.0. The number of amides is 1. The van der Waals surface area contributed by atoms with E-state index in [0.717, 1.165) is 11.4 Å². The minimum atomic E-state index is -0.871. The average Bonchev–Trinajstić information content (AvgIpc) is 2.97. The van der Waals surface area contributed by atoms with Crippen LogP contribution in [0.25, 0.3) is 0 Å². The van der Waals surface area contributed by atoms with Crippen LogP contribution in [0.5, 0.6) is 5.75 Å². The quantitative estimate of drug-likeness (QED) is 0.735. The Morgan fingerprint density at radius 3 is 2.82 bits per heavy atom. The van der Waals surface area contributed by atoms with Crippen molar-refractivity contribution >= 4 is 34.8 Å². The predicted octanol–water partition coefficient (Wildman–Crippen LogP) is 2.61. The number of halogens is 2. The summed E-state index contributed by atoms with van der Waals surface area (Å²) in [5.74, 6) is 0.449. The maximum absolute atomic E-state index is 12.2.